The fourth-order valence-corrected chi connectivity index (χ4v) is 3.29. The molecule has 0 aliphatic carbocycles. The largest absolute Gasteiger partial charge is 0.316 e. The van der Waals surface area contributed by atoms with E-state index in [0.717, 1.165) is 37.4 Å². The van der Waals surface area contributed by atoms with Gasteiger partial charge in [0.05, 0.1) is 0 Å². The molecule has 1 aliphatic heterocycles. The molecule has 1 N–H and O–H groups in total. The summed E-state index contributed by atoms with van der Waals surface area (Å²) in [6, 6.07) is 10.4. The summed E-state index contributed by atoms with van der Waals surface area (Å²) in [5, 5.41) is 3.21. The topological polar surface area (TPSA) is 29.1 Å². The first-order chi connectivity index (χ1) is 7.84. The van der Waals surface area contributed by atoms with Crippen LogP contribution < -0.4 is 5.32 Å². The van der Waals surface area contributed by atoms with E-state index in [-0.39, 0.29) is 0 Å². The molecule has 1 heterocycles. The Labute approximate surface area is 99.9 Å². The van der Waals surface area contributed by atoms with Gasteiger partial charge in [0.15, 0.2) is 0 Å². The van der Waals surface area contributed by atoms with Gasteiger partial charge < -0.3 is 5.32 Å². The molecule has 0 spiro atoms. The van der Waals surface area contributed by atoms with Crippen LogP contribution in [0.3, 0.4) is 0 Å². The van der Waals surface area contributed by atoms with Gasteiger partial charge in [-0.15, -0.1) is 0 Å². The molecule has 2 nitrogen and oxygen atoms in total. The van der Waals surface area contributed by atoms with Crippen LogP contribution in [0.15, 0.2) is 30.3 Å². The lowest BCUT2D eigenvalue weighted by Crippen LogP contribution is -2.44. The lowest BCUT2D eigenvalue weighted by atomic mass is 10.1. The SMILES string of the molecule is O=S(CCCc1ccccc1)CC1CNC1. The molecule has 1 aromatic rings. The molecule has 0 bridgehead atoms. The van der Waals surface area contributed by atoms with Gasteiger partial charge in [-0.1, -0.05) is 30.3 Å². The Hall–Kier alpha value is -0.670. The van der Waals surface area contributed by atoms with Crippen molar-refractivity contribution in [2.75, 3.05) is 24.6 Å². The third kappa shape index (κ3) is 3.72. The number of hydrogen-bond donors (Lipinski definition) is 1. The summed E-state index contributed by atoms with van der Waals surface area (Å²) >= 11 is 0. The smallest absolute Gasteiger partial charge is 0.0287 e. The second-order valence-electron chi connectivity index (χ2n) is 4.42. The Kier molecular flexibility index (Phi) is 4.55. The highest BCUT2D eigenvalue weighted by Crippen LogP contribution is 2.07. The summed E-state index contributed by atoms with van der Waals surface area (Å²) in [5.74, 6) is 2.41. The standard InChI is InChI=1S/C13H19NOS/c15-16(11-13-9-14-10-13)8-4-7-12-5-2-1-3-6-12/h1-3,5-6,13-14H,4,7-11H2. The fourth-order valence-electron chi connectivity index (χ4n) is 1.89. The molecule has 0 amide bonds. The second-order valence-corrected chi connectivity index (χ2v) is 6.05. The Balaban J connectivity index is 1.62. The average Bonchev–Trinajstić information content (AvgIpc) is 2.25. The Morgan fingerprint density at radius 3 is 2.62 bits per heavy atom. The summed E-state index contributed by atoms with van der Waals surface area (Å²) in [6.07, 6.45) is 2.09. The van der Waals surface area contributed by atoms with Crippen molar-refractivity contribution in [1.29, 1.82) is 0 Å². The van der Waals surface area contributed by atoms with Crippen LogP contribution in [0.5, 0.6) is 0 Å². The number of benzene rings is 1. The maximum Gasteiger partial charge on any atom is 0.0287 e. The average molecular weight is 237 g/mol. The normalized spacial score (nSPS) is 18.0. The summed E-state index contributed by atoms with van der Waals surface area (Å²) in [6.45, 7) is 2.12. The van der Waals surface area contributed by atoms with Crippen LogP contribution in [0, 0.1) is 5.92 Å². The van der Waals surface area contributed by atoms with E-state index in [0.29, 0.717) is 5.92 Å². The maximum atomic E-state index is 11.7. The van der Waals surface area contributed by atoms with Gasteiger partial charge in [-0.2, -0.15) is 0 Å². The predicted octanol–water partition coefficient (Wildman–Crippen LogP) is 1.59. The quantitative estimate of drug-likeness (QED) is 0.814. The molecular weight excluding hydrogens is 218 g/mol. The van der Waals surface area contributed by atoms with E-state index in [1.165, 1.54) is 5.56 Å². The Morgan fingerprint density at radius 2 is 2.00 bits per heavy atom. The van der Waals surface area contributed by atoms with Crippen LogP contribution in [0.1, 0.15) is 12.0 Å². The molecule has 3 heteroatoms. The van der Waals surface area contributed by atoms with Crippen molar-refractivity contribution < 1.29 is 4.21 Å². The molecule has 2 rings (SSSR count). The molecule has 1 fully saturated rings. The van der Waals surface area contributed by atoms with Crippen molar-refractivity contribution in [3.63, 3.8) is 0 Å². The predicted molar refractivity (Wildman–Crippen MR) is 69.0 cm³/mol. The highest BCUT2D eigenvalue weighted by Gasteiger charge is 2.18. The Morgan fingerprint density at radius 1 is 1.25 bits per heavy atom. The number of nitrogens with one attached hydrogen (secondary N) is 1. The molecule has 1 aliphatic rings. The maximum absolute atomic E-state index is 11.7. The van der Waals surface area contributed by atoms with Gasteiger partial charge in [-0.25, -0.2) is 0 Å². The van der Waals surface area contributed by atoms with E-state index >= 15 is 0 Å². The minimum absolute atomic E-state index is 0.612. The van der Waals surface area contributed by atoms with E-state index in [2.05, 4.69) is 29.6 Å². The first-order valence-electron chi connectivity index (χ1n) is 5.94. The summed E-state index contributed by atoms with van der Waals surface area (Å²) in [5.41, 5.74) is 1.35. The van der Waals surface area contributed by atoms with Gasteiger partial charge in [0.2, 0.25) is 0 Å². The van der Waals surface area contributed by atoms with Crippen LogP contribution in [0.4, 0.5) is 0 Å². The molecule has 1 aromatic carbocycles. The van der Waals surface area contributed by atoms with Gasteiger partial charge in [-0.05, 0) is 24.3 Å². The molecule has 88 valence electrons. The van der Waals surface area contributed by atoms with Gasteiger partial charge in [0.25, 0.3) is 0 Å². The highest BCUT2D eigenvalue weighted by molar-refractivity contribution is 7.84. The third-order valence-corrected chi connectivity index (χ3v) is 4.56. The van der Waals surface area contributed by atoms with Crippen LogP contribution in [-0.2, 0) is 17.2 Å². The van der Waals surface area contributed by atoms with Crippen LogP contribution in [0.2, 0.25) is 0 Å². The first kappa shape index (κ1) is 11.8. The van der Waals surface area contributed by atoms with E-state index < -0.39 is 10.8 Å². The molecule has 1 unspecified atom stereocenters. The van der Waals surface area contributed by atoms with Gasteiger partial charge in [-0.3, -0.25) is 4.21 Å². The van der Waals surface area contributed by atoms with Crippen molar-refractivity contribution in [2.24, 2.45) is 5.92 Å². The zero-order valence-corrected chi connectivity index (χ0v) is 10.3. The fraction of sp³-hybridized carbons (Fsp3) is 0.538. The van der Waals surface area contributed by atoms with Gasteiger partial charge >= 0.3 is 0 Å². The summed E-state index contributed by atoms with van der Waals surface area (Å²) in [7, 11) is -0.612. The first-order valence-corrected chi connectivity index (χ1v) is 7.43. The van der Waals surface area contributed by atoms with Crippen LogP contribution in [0.25, 0.3) is 0 Å². The van der Waals surface area contributed by atoms with Crippen molar-refractivity contribution in [3.8, 4) is 0 Å². The molecule has 0 radical (unpaired) electrons. The van der Waals surface area contributed by atoms with Crippen molar-refractivity contribution in [3.05, 3.63) is 35.9 Å². The van der Waals surface area contributed by atoms with E-state index in [9.17, 15) is 4.21 Å². The van der Waals surface area contributed by atoms with Gasteiger partial charge in [0.1, 0.15) is 0 Å². The Bertz CT molecular complexity index is 335. The van der Waals surface area contributed by atoms with Crippen molar-refractivity contribution in [2.45, 2.75) is 12.8 Å². The molecule has 1 saturated heterocycles. The monoisotopic (exact) mass is 237 g/mol. The lowest BCUT2D eigenvalue weighted by Gasteiger charge is -2.26. The summed E-state index contributed by atoms with van der Waals surface area (Å²) < 4.78 is 11.7. The molecule has 1 atom stereocenters. The minimum Gasteiger partial charge on any atom is -0.316 e. The number of hydrogen-bond acceptors (Lipinski definition) is 2. The van der Waals surface area contributed by atoms with Gasteiger partial charge in [0, 0.05) is 35.4 Å². The van der Waals surface area contributed by atoms with Crippen molar-refractivity contribution in [1.82, 2.24) is 5.32 Å². The zero-order valence-electron chi connectivity index (χ0n) is 9.52. The molecule has 0 aromatic heterocycles. The third-order valence-electron chi connectivity index (χ3n) is 2.97. The van der Waals surface area contributed by atoms with E-state index in [1.807, 2.05) is 6.07 Å². The number of aryl methyl sites for hydroxylation is 1. The minimum atomic E-state index is -0.612. The van der Waals surface area contributed by atoms with Crippen molar-refractivity contribution >= 4 is 10.8 Å². The zero-order chi connectivity index (χ0) is 11.2. The molecular formula is C13H19NOS. The summed E-state index contributed by atoms with van der Waals surface area (Å²) in [4.78, 5) is 0. The van der Waals surface area contributed by atoms with Crippen LogP contribution in [-0.4, -0.2) is 28.8 Å². The lowest BCUT2D eigenvalue weighted by molar-refractivity contribution is 0.382. The second kappa shape index (κ2) is 6.16. The highest BCUT2D eigenvalue weighted by atomic mass is 32.2. The van der Waals surface area contributed by atoms with E-state index in [1.54, 1.807) is 0 Å². The molecule has 0 saturated carbocycles. The van der Waals surface area contributed by atoms with Crippen LogP contribution >= 0.6 is 0 Å². The van der Waals surface area contributed by atoms with E-state index in [4.69, 9.17) is 0 Å². The number of rotatable bonds is 6. The molecule has 16 heavy (non-hydrogen) atoms.